The summed E-state index contributed by atoms with van der Waals surface area (Å²) in [6.45, 7) is 1.73. The van der Waals surface area contributed by atoms with Crippen LogP contribution in [0.15, 0.2) is 42.2 Å². The number of alkyl halides is 3. The topological polar surface area (TPSA) is 43.4 Å². The minimum atomic E-state index is -5.63. The highest BCUT2D eigenvalue weighted by molar-refractivity contribution is 7.87. The lowest BCUT2D eigenvalue weighted by Crippen LogP contribution is -2.32. The van der Waals surface area contributed by atoms with Crippen LogP contribution in [0.4, 0.5) is 13.2 Å². The van der Waals surface area contributed by atoms with Gasteiger partial charge in [0.2, 0.25) is 0 Å². The van der Waals surface area contributed by atoms with E-state index in [2.05, 4.69) is 4.18 Å². The number of rotatable bonds is 4. The van der Waals surface area contributed by atoms with Crippen LogP contribution >= 0.6 is 0 Å². The van der Waals surface area contributed by atoms with E-state index in [1.54, 1.807) is 6.92 Å². The zero-order chi connectivity index (χ0) is 16.4. The van der Waals surface area contributed by atoms with Crippen LogP contribution in [-0.2, 0) is 20.7 Å². The summed E-state index contributed by atoms with van der Waals surface area (Å²) in [5.41, 5.74) is -5.26. The number of hydrogen-bond donors (Lipinski definition) is 0. The van der Waals surface area contributed by atoms with E-state index in [4.69, 9.17) is 0 Å². The normalized spacial score (nSPS) is 23.0. The lowest BCUT2D eigenvalue weighted by molar-refractivity contribution is -0.0535. The summed E-state index contributed by atoms with van der Waals surface area (Å²) in [5.74, 6) is -0.111. The van der Waals surface area contributed by atoms with Crippen molar-refractivity contribution in [2.75, 3.05) is 0 Å². The van der Waals surface area contributed by atoms with Gasteiger partial charge in [-0.05, 0) is 37.3 Å². The zero-order valence-electron chi connectivity index (χ0n) is 12.1. The first-order valence-electron chi connectivity index (χ1n) is 6.89. The molecule has 2 rings (SSSR count). The molecule has 1 aromatic rings. The predicted molar refractivity (Wildman–Crippen MR) is 76.2 cm³/mol. The lowest BCUT2D eigenvalue weighted by Gasteiger charge is -2.34. The predicted octanol–water partition coefficient (Wildman–Crippen LogP) is 4.17. The van der Waals surface area contributed by atoms with Gasteiger partial charge in [-0.1, -0.05) is 37.3 Å². The molecule has 1 aliphatic carbocycles. The molecule has 0 N–H and O–H groups in total. The van der Waals surface area contributed by atoms with Gasteiger partial charge in [-0.2, -0.15) is 21.6 Å². The monoisotopic (exact) mass is 334 g/mol. The first-order chi connectivity index (χ1) is 10.1. The molecule has 22 heavy (non-hydrogen) atoms. The maximum absolute atomic E-state index is 12.5. The lowest BCUT2D eigenvalue weighted by atomic mass is 9.74. The van der Waals surface area contributed by atoms with Crippen molar-refractivity contribution in [3.8, 4) is 0 Å². The van der Waals surface area contributed by atoms with Gasteiger partial charge in [0, 0.05) is 5.41 Å². The number of halogens is 3. The van der Waals surface area contributed by atoms with Crippen molar-refractivity contribution in [1.82, 2.24) is 0 Å². The van der Waals surface area contributed by atoms with Gasteiger partial charge in [0.05, 0.1) is 0 Å². The minimum Gasteiger partial charge on any atom is -0.380 e. The molecule has 0 heterocycles. The molecule has 1 atom stereocenters. The van der Waals surface area contributed by atoms with E-state index in [0.717, 1.165) is 12.0 Å². The Morgan fingerprint density at radius 2 is 1.86 bits per heavy atom. The van der Waals surface area contributed by atoms with Crippen molar-refractivity contribution in [2.24, 2.45) is 5.41 Å². The van der Waals surface area contributed by atoms with E-state index in [1.165, 1.54) is 6.08 Å². The molecule has 0 amide bonds. The summed E-state index contributed by atoms with van der Waals surface area (Å²) in [4.78, 5) is 0. The summed E-state index contributed by atoms with van der Waals surface area (Å²) in [7, 11) is -5.63. The molecular formula is C15H17F3O3S. The van der Waals surface area contributed by atoms with Gasteiger partial charge in [0.25, 0.3) is 0 Å². The largest absolute Gasteiger partial charge is 0.534 e. The van der Waals surface area contributed by atoms with Gasteiger partial charge in [0.15, 0.2) is 0 Å². The smallest absolute Gasteiger partial charge is 0.380 e. The van der Waals surface area contributed by atoms with Crippen LogP contribution in [0.2, 0.25) is 0 Å². The van der Waals surface area contributed by atoms with Crippen LogP contribution in [0.25, 0.3) is 0 Å². The van der Waals surface area contributed by atoms with E-state index in [-0.39, 0.29) is 5.76 Å². The zero-order valence-corrected chi connectivity index (χ0v) is 12.9. The summed E-state index contributed by atoms with van der Waals surface area (Å²) in [6, 6.07) is 9.22. The SMILES string of the molecule is CC1(Cc2ccccc2)CCCC=C1OS(=O)(=O)C(F)(F)F. The highest BCUT2D eigenvalue weighted by atomic mass is 32.2. The average molecular weight is 334 g/mol. The second-order valence-electron chi connectivity index (χ2n) is 5.67. The molecule has 1 unspecified atom stereocenters. The highest BCUT2D eigenvalue weighted by Gasteiger charge is 2.50. The standard InChI is InChI=1S/C15H17F3O3S/c1-14(11-12-7-3-2-4-8-12)10-6-5-9-13(14)21-22(19,20)15(16,17)18/h2-4,7-9H,5-6,10-11H2,1H3. The Bertz CT molecular complexity index is 650. The third-order valence-corrected chi connectivity index (χ3v) is 4.74. The Hall–Kier alpha value is -1.50. The van der Waals surface area contributed by atoms with Gasteiger partial charge in [-0.3, -0.25) is 0 Å². The van der Waals surface area contributed by atoms with Crippen LogP contribution in [0, 0.1) is 5.41 Å². The van der Waals surface area contributed by atoms with Crippen molar-refractivity contribution >= 4 is 10.1 Å². The van der Waals surface area contributed by atoms with E-state index >= 15 is 0 Å². The summed E-state index contributed by atoms with van der Waals surface area (Å²) < 4.78 is 64.6. The Morgan fingerprint density at radius 3 is 2.45 bits per heavy atom. The summed E-state index contributed by atoms with van der Waals surface area (Å²) in [5, 5.41) is 0. The van der Waals surface area contributed by atoms with Crippen molar-refractivity contribution in [1.29, 1.82) is 0 Å². The fraction of sp³-hybridized carbons (Fsp3) is 0.467. The first kappa shape index (κ1) is 16.9. The van der Waals surface area contributed by atoms with E-state index in [0.29, 0.717) is 19.3 Å². The molecule has 1 aromatic carbocycles. The molecule has 0 radical (unpaired) electrons. The highest BCUT2D eigenvalue weighted by Crippen LogP contribution is 2.43. The number of allylic oxidation sites excluding steroid dienone is 2. The van der Waals surface area contributed by atoms with E-state index in [1.807, 2.05) is 30.3 Å². The molecule has 0 fully saturated rings. The van der Waals surface area contributed by atoms with E-state index < -0.39 is 21.0 Å². The second-order valence-corrected chi connectivity index (χ2v) is 7.20. The van der Waals surface area contributed by atoms with Gasteiger partial charge >= 0.3 is 15.6 Å². The Balaban J connectivity index is 2.27. The van der Waals surface area contributed by atoms with Gasteiger partial charge in [-0.25, -0.2) is 0 Å². The summed E-state index contributed by atoms with van der Waals surface area (Å²) >= 11 is 0. The maximum Gasteiger partial charge on any atom is 0.534 e. The van der Waals surface area contributed by atoms with Crippen molar-refractivity contribution < 1.29 is 25.8 Å². The molecule has 122 valence electrons. The average Bonchev–Trinajstić information content (AvgIpc) is 2.41. The Labute approximate surface area is 127 Å². The molecule has 0 saturated heterocycles. The molecule has 0 saturated carbocycles. The molecule has 1 aliphatic rings. The molecule has 3 nitrogen and oxygen atoms in total. The van der Waals surface area contributed by atoms with Gasteiger partial charge in [0.1, 0.15) is 5.76 Å². The van der Waals surface area contributed by atoms with Crippen molar-refractivity contribution in [3.05, 3.63) is 47.7 Å². The number of benzene rings is 1. The van der Waals surface area contributed by atoms with Crippen molar-refractivity contribution in [3.63, 3.8) is 0 Å². The summed E-state index contributed by atoms with van der Waals surface area (Å²) in [6.07, 6.45) is 3.74. The molecule has 0 aliphatic heterocycles. The van der Waals surface area contributed by atoms with Crippen molar-refractivity contribution in [2.45, 2.75) is 38.1 Å². The molecule has 7 heteroatoms. The fourth-order valence-electron chi connectivity index (χ4n) is 2.62. The van der Waals surface area contributed by atoms with Gasteiger partial charge in [-0.15, -0.1) is 0 Å². The van der Waals surface area contributed by atoms with E-state index in [9.17, 15) is 21.6 Å². The first-order valence-corrected chi connectivity index (χ1v) is 8.30. The number of hydrogen-bond acceptors (Lipinski definition) is 3. The second kappa shape index (κ2) is 5.95. The van der Waals surface area contributed by atoms with Gasteiger partial charge < -0.3 is 4.18 Å². The molecule has 0 aromatic heterocycles. The Morgan fingerprint density at radius 1 is 1.23 bits per heavy atom. The van der Waals surface area contributed by atoms with Crippen LogP contribution in [-0.4, -0.2) is 13.9 Å². The Kier molecular flexibility index (Phi) is 4.56. The molecule has 0 spiro atoms. The van der Waals surface area contributed by atoms with Crippen LogP contribution in [0.3, 0.4) is 0 Å². The molecule has 0 bridgehead atoms. The third kappa shape index (κ3) is 3.63. The fourth-order valence-corrected chi connectivity index (χ4v) is 3.22. The van der Waals surface area contributed by atoms with Crippen LogP contribution in [0.1, 0.15) is 31.7 Å². The minimum absolute atomic E-state index is 0.111. The maximum atomic E-state index is 12.5. The molecular weight excluding hydrogens is 317 g/mol. The third-order valence-electron chi connectivity index (χ3n) is 3.78. The van der Waals surface area contributed by atoms with Crippen LogP contribution < -0.4 is 0 Å². The van der Waals surface area contributed by atoms with Crippen LogP contribution in [0.5, 0.6) is 0 Å². The quantitative estimate of drug-likeness (QED) is 0.613.